The van der Waals surface area contributed by atoms with E-state index in [2.05, 4.69) is 5.32 Å². The van der Waals surface area contributed by atoms with Gasteiger partial charge in [-0.2, -0.15) is 11.8 Å². The Morgan fingerprint density at radius 1 is 1.53 bits per heavy atom. The smallest absolute Gasteiger partial charge is 0.287 e. The maximum atomic E-state index is 11.9. The number of carbonyl (C=O) groups is 1. The van der Waals surface area contributed by atoms with Gasteiger partial charge in [-0.1, -0.05) is 11.6 Å². The molecule has 0 unspecified atom stereocenters. The Morgan fingerprint density at radius 3 is 2.63 bits per heavy atom. The molecule has 5 nitrogen and oxygen atoms in total. The molecule has 0 aliphatic heterocycles. The van der Waals surface area contributed by atoms with Crippen LogP contribution >= 0.6 is 23.4 Å². The van der Waals surface area contributed by atoms with Crippen molar-refractivity contribution >= 4 is 35.0 Å². The number of benzene rings is 1. The molecule has 0 radical (unpaired) electrons. The molecule has 0 bridgehead atoms. The van der Waals surface area contributed by atoms with Crippen molar-refractivity contribution in [2.45, 2.75) is 18.6 Å². The standard InChI is InChI=1S/C12H15ClN2O3S/c1-12(2,19-3)7-14-11(16)8-4-5-10(15(17)18)9(13)6-8/h4-6H,7H2,1-3H3,(H,14,16). The Morgan fingerprint density at radius 2 is 2.16 bits per heavy atom. The van der Waals surface area contributed by atoms with E-state index < -0.39 is 4.92 Å². The zero-order chi connectivity index (χ0) is 14.6. The quantitative estimate of drug-likeness (QED) is 0.670. The number of carbonyl (C=O) groups excluding carboxylic acids is 1. The number of rotatable bonds is 5. The number of thioether (sulfide) groups is 1. The molecule has 1 N–H and O–H groups in total. The molecule has 1 amide bonds. The number of hydrogen-bond acceptors (Lipinski definition) is 4. The third-order valence-electron chi connectivity index (χ3n) is 2.63. The molecular formula is C12H15ClN2O3S. The monoisotopic (exact) mass is 302 g/mol. The van der Waals surface area contributed by atoms with Crippen LogP contribution in [-0.2, 0) is 0 Å². The Labute approximate surface area is 120 Å². The highest BCUT2D eigenvalue weighted by Crippen LogP contribution is 2.25. The third kappa shape index (κ3) is 4.40. The highest BCUT2D eigenvalue weighted by Gasteiger charge is 2.19. The molecule has 0 atom stereocenters. The van der Waals surface area contributed by atoms with Crippen LogP contribution in [0, 0.1) is 10.1 Å². The molecule has 0 aliphatic rings. The minimum Gasteiger partial charge on any atom is -0.351 e. The summed E-state index contributed by atoms with van der Waals surface area (Å²) in [6, 6.07) is 3.93. The van der Waals surface area contributed by atoms with Crippen molar-refractivity contribution in [1.29, 1.82) is 0 Å². The highest BCUT2D eigenvalue weighted by atomic mass is 35.5. The first-order chi connectivity index (χ1) is 8.76. The van der Waals surface area contributed by atoms with Gasteiger partial charge in [-0.05, 0) is 32.2 Å². The summed E-state index contributed by atoms with van der Waals surface area (Å²) in [4.78, 5) is 21.9. The summed E-state index contributed by atoms with van der Waals surface area (Å²) in [5.74, 6) is -0.293. The van der Waals surface area contributed by atoms with Gasteiger partial charge in [-0.15, -0.1) is 0 Å². The molecular weight excluding hydrogens is 288 g/mol. The van der Waals surface area contributed by atoms with E-state index in [1.54, 1.807) is 11.8 Å². The number of nitro benzene ring substituents is 1. The van der Waals surface area contributed by atoms with Gasteiger partial charge in [-0.3, -0.25) is 14.9 Å². The van der Waals surface area contributed by atoms with Crippen LogP contribution in [0.2, 0.25) is 5.02 Å². The van der Waals surface area contributed by atoms with Crippen LogP contribution in [-0.4, -0.2) is 28.4 Å². The van der Waals surface area contributed by atoms with Gasteiger partial charge in [0.1, 0.15) is 5.02 Å². The summed E-state index contributed by atoms with van der Waals surface area (Å²) in [6.07, 6.45) is 1.97. The summed E-state index contributed by atoms with van der Waals surface area (Å²) in [5.41, 5.74) is 0.107. The predicted molar refractivity (Wildman–Crippen MR) is 78.0 cm³/mol. The van der Waals surface area contributed by atoms with Crippen LogP contribution in [0.1, 0.15) is 24.2 Å². The molecule has 0 heterocycles. The lowest BCUT2D eigenvalue weighted by Gasteiger charge is -2.22. The van der Waals surface area contributed by atoms with E-state index in [4.69, 9.17) is 11.6 Å². The number of hydrogen-bond donors (Lipinski definition) is 1. The summed E-state index contributed by atoms with van der Waals surface area (Å²) < 4.78 is -0.0692. The van der Waals surface area contributed by atoms with Crippen LogP contribution in [0.15, 0.2) is 18.2 Å². The molecule has 0 saturated carbocycles. The van der Waals surface area contributed by atoms with E-state index in [0.29, 0.717) is 12.1 Å². The lowest BCUT2D eigenvalue weighted by Crippen LogP contribution is -2.36. The molecule has 1 aromatic carbocycles. The lowest BCUT2D eigenvalue weighted by atomic mass is 10.1. The van der Waals surface area contributed by atoms with Crippen molar-refractivity contribution in [2.24, 2.45) is 0 Å². The zero-order valence-corrected chi connectivity index (χ0v) is 12.5. The van der Waals surface area contributed by atoms with Gasteiger partial charge < -0.3 is 5.32 Å². The largest absolute Gasteiger partial charge is 0.351 e. The fourth-order valence-corrected chi connectivity index (χ4v) is 1.73. The van der Waals surface area contributed by atoms with Gasteiger partial charge in [0.15, 0.2) is 0 Å². The normalized spacial score (nSPS) is 11.2. The van der Waals surface area contributed by atoms with Gasteiger partial charge in [0.25, 0.3) is 11.6 Å². The SMILES string of the molecule is CSC(C)(C)CNC(=O)c1ccc([N+](=O)[O-])c(Cl)c1. The Kier molecular flexibility index (Phi) is 5.20. The first-order valence-electron chi connectivity index (χ1n) is 5.54. The zero-order valence-electron chi connectivity index (χ0n) is 10.9. The number of halogens is 1. The van der Waals surface area contributed by atoms with E-state index in [-0.39, 0.29) is 21.4 Å². The van der Waals surface area contributed by atoms with Crippen molar-refractivity contribution in [3.05, 3.63) is 38.9 Å². The maximum Gasteiger partial charge on any atom is 0.287 e. The van der Waals surface area contributed by atoms with E-state index in [1.807, 2.05) is 20.1 Å². The third-order valence-corrected chi connectivity index (χ3v) is 4.19. The van der Waals surface area contributed by atoms with Crippen LogP contribution < -0.4 is 5.32 Å². The summed E-state index contributed by atoms with van der Waals surface area (Å²) in [7, 11) is 0. The van der Waals surface area contributed by atoms with Crippen LogP contribution in [0.3, 0.4) is 0 Å². The summed E-state index contributed by atoms with van der Waals surface area (Å²) >= 11 is 7.40. The number of amides is 1. The number of nitrogens with zero attached hydrogens (tertiary/aromatic N) is 1. The van der Waals surface area contributed by atoms with Crippen molar-refractivity contribution in [3.63, 3.8) is 0 Å². The molecule has 0 aromatic heterocycles. The van der Waals surface area contributed by atoms with Crippen LogP contribution in [0.5, 0.6) is 0 Å². The van der Waals surface area contributed by atoms with Gasteiger partial charge in [0, 0.05) is 22.9 Å². The topological polar surface area (TPSA) is 72.2 Å². The molecule has 1 aromatic rings. The Balaban J connectivity index is 2.79. The predicted octanol–water partition coefficient (Wildman–Crippen LogP) is 3.12. The van der Waals surface area contributed by atoms with Crippen molar-refractivity contribution in [1.82, 2.24) is 5.32 Å². The number of nitrogens with one attached hydrogen (secondary N) is 1. The lowest BCUT2D eigenvalue weighted by molar-refractivity contribution is -0.384. The minimum absolute atomic E-state index is 0.0400. The molecule has 0 fully saturated rings. The molecule has 0 aliphatic carbocycles. The second-order valence-electron chi connectivity index (χ2n) is 4.57. The molecule has 1 rings (SSSR count). The maximum absolute atomic E-state index is 11.9. The second-order valence-corrected chi connectivity index (χ2v) is 6.49. The van der Waals surface area contributed by atoms with E-state index >= 15 is 0 Å². The molecule has 19 heavy (non-hydrogen) atoms. The van der Waals surface area contributed by atoms with Crippen LogP contribution in [0.4, 0.5) is 5.69 Å². The van der Waals surface area contributed by atoms with Gasteiger partial charge in [-0.25, -0.2) is 0 Å². The molecule has 104 valence electrons. The minimum atomic E-state index is -0.582. The average Bonchev–Trinajstić information content (AvgIpc) is 2.35. The van der Waals surface area contributed by atoms with Crippen molar-refractivity contribution in [3.8, 4) is 0 Å². The molecule has 0 spiro atoms. The fraction of sp³-hybridized carbons (Fsp3) is 0.417. The van der Waals surface area contributed by atoms with Gasteiger partial charge >= 0.3 is 0 Å². The summed E-state index contributed by atoms with van der Waals surface area (Å²) in [5, 5.41) is 13.4. The molecule has 7 heteroatoms. The fourth-order valence-electron chi connectivity index (χ4n) is 1.26. The van der Waals surface area contributed by atoms with Crippen molar-refractivity contribution in [2.75, 3.05) is 12.8 Å². The second kappa shape index (κ2) is 6.25. The summed E-state index contributed by atoms with van der Waals surface area (Å²) in [6.45, 7) is 4.53. The first kappa shape index (κ1) is 15.8. The van der Waals surface area contributed by atoms with Crippen molar-refractivity contribution < 1.29 is 9.72 Å². The first-order valence-corrected chi connectivity index (χ1v) is 7.14. The van der Waals surface area contributed by atoms with Gasteiger partial charge in [0.05, 0.1) is 4.92 Å². The molecule has 0 saturated heterocycles. The van der Waals surface area contributed by atoms with E-state index in [0.717, 1.165) is 0 Å². The average molecular weight is 303 g/mol. The Hall–Kier alpha value is -1.27. The van der Waals surface area contributed by atoms with E-state index in [9.17, 15) is 14.9 Å². The Bertz CT molecular complexity index is 506. The highest BCUT2D eigenvalue weighted by molar-refractivity contribution is 7.99. The van der Waals surface area contributed by atoms with Gasteiger partial charge in [0.2, 0.25) is 0 Å². The number of nitro groups is 1. The van der Waals surface area contributed by atoms with Crippen LogP contribution in [0.25, 0.3) is 0 Å². The van der Waals surface area contributed by atoms with E-state index in [1.165, 1.54) is 18.2 Å².